The molecular weight excluding hydrogens is 345 g/mol. The number of aliphatic hydroxyl groups is 1. The van der Waals surface area contributed by atoms with Gasteiger partial charge >= 0.3 is 59.1 Å². The van der Waals surface area contributed by atoms with E-state index in [9.17, 15) is 19.5 Å². The Kier molecular flexibility index (Phi) is 10.9. The minimum Gasteiger partial charge on any atom is -0.809 e. The van der Waals surface area contributed by atoms with Gasteiger partial charge in [0.15, 0.2) is 0 Å². The summed E-state index contributed by atoms with van der Waals surface area (Å²) < 4.78 is 11.2. The van der Waals surface area contributed by atoms with Gasteiger partial charge in [0.25, 0.3) is 0 Å². The van der Waals surface area contributed by atoms with Crippen molar-refractivity contribution >= 4 is 7.60 Å². The molecular formula is C17H27Na2O4P. The van der Waals surface area contributed by atoms with Gasteiger partial charge in [-0.15, -0.1) is 0 Å². The molecule has 4 nitrogen and oxygen atoms in total. The van der Waals surface area contributed by atoms with Crippen LogP contribution in [0.4, 0.5) is 0 Å². The molecule has 1 rings (SSSR count). The zero-order valence-corrected chi connectivity index (χ0v) is 21.5. The molecule has 1 aromatic rings. The Labute approximate surface area is 190 Å². The third kappa shape index (κ3) is 6.81. The number of benzene rings is 1. The standard InChI is InChI=1S/C17H29O4P.2Na/c1-8-12-13(16(2,3)4)9-11(15(18)22(19,20)21)10-14(12)17(5,6)7;;/h9-10,15,18H,8H2,1-7H3,(H2,19,20,21);;/q;2*+1/p-2. The van der Waals surface area contributed by atoms with Gasteiger partial charge in [-0.05, 0) is 47.1 Å². The molecule has 1 N–H and O–H groups in total. The van der Waals surface area contributed by atoms with Crippen molar-refractivity contribution in [2.45, 2.75) is 71.6 Å². The summed E-state index contributed by atoms with van der Waals surface area (Å²) in [6.07, 6.45) is 0.808. The third-order valence-corrected chi connectivity index (χ3v) is 4.74. The van der Waals surface area contributed by atoms with Crippen molar-refractivity contribution in [1.29, 1.82) is 0 Å². The fourth-order valence-electron chi connectivity index (χ4n) is 2.75. The van der Waals surface area contributed by atoms with Crippen LogP contribution >= 0.6 is 7.60 Å². The zero-order chi connectivity index (χ0) is 17.5. The molecule has 0 spiro atoms. The van der Waals surface area contributed by atoms with Crippen LogP contribution in [0.25, 0.3) is 0 Å². The van der Waals surface area contributed by atoms with Crippen molar-refractivity contribution in [3.8, 4) is 0 Å². The monoisotopic (exact) mass is 372 g/mol. The van der Waals surface area contributed by atoms with E-state index in [1.165, 1.54) is 0 Å². The quantitative estimate of drug-likeness (QED) is 0.447. The van der Waals surface area contributed by atoms with E-state index in [0.717, 1.165) is 23.1 Å². The summed E-state index contributed by atoms with van der Waals surface area (Å²) in [4.78, 5) is 22.5. The molecule has 1 unspecified atom stereocenters. The van der Waals surface area contributed by atoms with E-state index in [1.807, 2.05) is 41.5 Å². The van der Waals surface area contributed by atoms with Crippen LogP contribution in [-0.4, -0.2) is 5.11 Å². The molecule has 0 heterocycles. The maximum atomic E-state index is 11.2. The number of hydrogen-bond donors (Lipinski definition) is 1. The Bertz CT molecular complexity index is 563. The van der Waals surface area contributed by atoms with Crippen molar-refractivity contribution < 1.29 is 78.6 Å². The van der Waals surface area contributed by atoms with Crippen LogP contribution in [0.2, 0.25) is 0 Å². The van der Waals surface area contributed by atoms with Gasteiger partial charge in [-0.1, -0.05) is 60.6 Å². The predicted molar refractivity (Wildman–Crippen MR) is 85.8 cm³/mol. The molecule has 0 aliphatic carbocycles. The van der Waals surface area contributed by atoms with Gasteiger partial charge < -0.3 is 19.5 Å². The van der Waals surface area contributed by atoms with Crippen molar-refractivity contribution in [3.63, 3.8) is 0 Å². The van der Waals surface area contributed by atoms with Gasteiger partial charge in [0.1, 0.15) is 5.85 Å². The molecule has 0 saturated heterocycles. The smallest absolute Gasteiger partial charge is 0.809 e. The number of aliphatic hydroxyl groups excluding tert-OH is 1. The summed E-state index contributed by atoms with van der Waals surface area (Å²) >= 11 is 0. The van der Waals surface area contributed by atoms with Crippen LogP contribution in [0, 0.1) is 0 Å². The summed E-state index contributed by atoms with van der Waals surface area (Å²) in [5, 5.41) is 9.91. The Morgan fingerprint density at radius 3 is 1.54 bits per heavy atom. The van der Waals surface area contributed by atoms with E-state index in [-0.39, 0.29) is 75.5 Å². The largest absolute Gasteiger partial charge is 1.00 e. The van der Waals surface area contributed by atoms with Gasteiger partial charge in [0, 0.05) is 0 Å². The first kappa shape index (κ1) is 27.5. The van der Waals surface area contributed by atoms with E-state index in [2.05, 4.69) is 6.92 Å². The molecule has 0 fully saturated rings. The Morgan fingerprint density at radius 2 is 1.33 bits per heavy atom. The minimum atomic E-state index is -5.09. The van der Waals surface area contributed by atoms with Crippen molar-refractivity contribution in [3.05, 3.63) is 34.4 Å². The van der Waals surface area contributed by atoms with Gasteiger partial charge in [-0.25, -0.2) is 0 Å². The Morgan fingerprint density at radius 1 is 1.00 bits per heavy atom. The van der Waals surface area contributed by atoms with E-state index in [4.69, 9.17) is 0 Å². The van der Waals surface area contributed by atoms with E-state index in [1.54, 1.807) is 12.1 Å². The van der Waals surface area contributed by atoms with E-state index >= 15 is 0 Å². The predicted octanol–water partition coefficient (Wildman–Crippen LogP) is -3.24. The average Bonchev–Trinajstić information content (AvgIpc) is 2.32. The second kappa shape index (κ2) is 9.50. The first-order valence-corrected chi connectivity index (χ1v) is 9.18. The van der Waals surface area contributed by atoms with E-state index in [0.29, 0.717) is 0 Å². The van der Waals surface area contributed by atoms with Gasteiger partial charge in [-0.2, -0.15) is 0 Å². The molecule has 0 bridgehead atoms. The summed E-state index contributed by atoms with van der Waals surface area (Å²) in [6.45, 7) is 14.3. The van der Waals surface area contributed by atoms with Crippen LogP contribution < -0.4 is 68.9 Å². The van der Waals surface area contributed by atoms with Crippen LogP contribution in [0.3, 0.4) is 0 Å². The minimum absolute atomic E-state index is 0. The molecule has 0 aromatic heterocycles. The first-order valence-electron chi connectivity index (χ1n) is 7.57. The van der Waals surface area contributed by atoms with Crippen molar-refractivity contribution in [2.24, 2.45) is 0 Å². The van der Waals surface area contributed by atoms with Crippen LogP contribution in [0.5, 0.6) is 0 Å². The summed E-state index contributed by atoms with van der Waals surface area (Å²) in [6, 6.07) is 3.34. The molecule has 0 aliphatic heterocycles. The molecule has 1 aromatic carbocycles. The summed E-state index contributed by atoms with van der Waals surface area (Å²) in [5.74, 6) is -2.00. The zero-order valence-electron chi connectivity index (χ0n) is 16.6. The second-order valence-corrected chi connectivity index (χ2v) is 9.43. The molecule has 1 atom stereocenters. The van der Waals surface area contributed by atoms with Crippen LogP contribution in [0.1, 0.15) is 76.6 Å². The maximum absolute atomic E-state index is 11.2. The Hall–Kier alpha value is 1.33. The Balaban J connectivity index is 0. The fourth-order valence-corrected chi connectivity index (χ4v) is 3.26. The van der Waals surface area contributed by atoms with E-state index < -0.39 is 13.4 Å². The maximum Gasteiger partial charge on any atom is 1.00 e. The third-order valence-electron chi connectivity index (χ3n) is 3.84. The SMILES string of the molecule is CCc1c(C(C)(C)C)cc(C(O)P(=O)([O-])[O-])cc1C(C)(C)C.[Na+].[Na+]. The van der Waals surface area contributed by atoms with Crippen LogP contribution in [-0.2, 0) is 21.8 Å². The average molecular weight is 372 g/mol. The van der Waals surface area contributed by atoms with Crippen molar-refractivity contribution in [1.82, 2.24) is 0 Å². The van der Waals surface area contributed by atoms with Gasteiger partial charge in [-0.3, -0.25) is 0 Å². The fraction of sp³-hybridized carbons (Fsp3) is 0.647. The molecule has 24 heavy (non-hydrogen) atoms. The number of rotatable bonds is 3. The van der Waals surface area contributed by atoms with Crippen molar-refractivity contribution in [2.75, 3.05) is 0 Å². The normalized spacial score (nSPS) is 13.8. The molecule has 126 valence electrons. The molecule has 0 saturated carbocycles. The number of hydrogen-bond acceptors (Lipinski definition) is 4. The molecule has 0 amide bonds. The molecule has 0 aliphatic rings. The molecule has 7 heteroatoms. The summed E-state index contributed by atoms with van der Waals surface area (Å²) in [7, 11) is -5.09. The van der Waals surface area contributed by atoms with Gasteiger partial charge in [0.05, 0.1) is 0 Å². The second-order valence-electron chi connectivity index (χ2n) is 7.86. The topological polar surface area (TPSA) is 83.4 Å². The molecule has 0 radical (unpaired) electrons. The first-order chi connectivity index (χ1) is 9.69. The van der Waals surface area contributed by atoms with Gasteiger partial charge in [0.2, 0.25) is 0 Å². The van der Waals surface area contributed by atoms with Crippen LogP contribution in [0.15, 0.2) is 12.1 Å². The summed E-state index contributed by atoms with van der Waals surface area (Å²) in [5.41, 5.74) is 2.85.